The number of benzene rings is 2. The maximum atomic E-state index is 12.4. The molecule has 0 spiro atoms. The highest BCUT2D eigenvalue weighted by atomic mass is 35.5. The molecule has 1 fully saturated rings. The number of nitrogens with two attached hydrogens (primary N) is 1. The third-order valence-electron chi connectivity index (χ3n) is 4.62. The van der Waals surface area contributed by atoms with Crippen LogP contribution in [-0.4, -0.2) is 47.8 Å². The number of amidine groups is 1. The van der Waals surface area contributed by atoms with Crippen LogP contribution in [0.5, 0.6) is 0 Å². The van der Waals surface area contributed by atoms with Gasteiger partial charge < -0.3 is 16.0 Å². The molecule has 4 N–H and O–H groups in total. The van der Waals surface area contributed by atoms with Gasteiger partial charge in [0.15, 0.2) is 0 Å². The summed E-state index contributed by atoms with van der Waals surface area (Å²) in [6.45, 7) is 4.65. The van der Waals surface area contributed by atoms with Gasteiger partial charge in [-0.2, -0.15) is 0 Å². The summed E-state index contributed by atoms with van der Waals surface area (Å²) < 4.78 is 0. The smallest absolute Gasteiger partial charge is 0.317 e. The van der Waals surface area contributed by atoms with Crippen molar-refractivity contribution >= 4 is 36.7 Å². The van der Waals surface area contributed by atoms with E-state index in [4.69, 9.17) is 11.1 Å². The predicted octanol–water partition coefficient (Wildman–Crippen LogP) is 2.84. The second kappa shape index (κ2) is 11.5. The first kappa shape index (κ1) is 23.8. The zero-order valence-corrected chi connectivity index (χ0v) is 17.3. The zero-order valence-electron chi connectivity index (χ0n) is 15.6. The Hall–Kier alpha value is -2.28. The summed E-state index contributed by atoms with van der Waals surface area (Å²) in [5, 5.41) is 10.4. The molecule has 1 aliphatic rings. The molecule has 3 rings (SSSR count). The molecule has 1 aliphatic heterocycles. The Morgan fingerprint density at radius 1 is 0.929 bits per heavy atom. The van der Waals surface area contributed by atoms with E-state index in [1.54, 1.807) is 12.1 Å². The molecule has 152 valence electrons. The number of hydrogen-bond acceptors (Lipinski definition) is 3. The van der Waals surface area contributed by atoms with Gasteiger partial charge in [0.25, 0.3) is 0 Å². The maximum Gasteiger partial charge on any atom is 0.317 e. The Bertz CT molecular complexity index is 747. The number of carbonyl (C=O) groups is 1. The molecule has 0 saturated carbocycles. The molecule has 0 aliphatic carbocycles. The Morgan fingerprint density at radius 2 is 1.54 bits per heavy atom. The maximum absolute atomic E-state index is 12.4. The minimum atomic E-state index is -0.0278. The fraction of sp³-hybridized carbons (Fsp3) is 0.300. The Kier molecular flexibility index (Phi) is 9.79. The minimum Gasteiger partial charge on any atom is -0.384 e. The number of hydrogen-bond donors (Lipinski definition) is 3. The number of rotatable bonds is 5. The highest BCUT2D eigenvalue weighted by Crippen LogP contribution is 2.09. The van der Waals surface area contributed by atoms with Gasteiger partial charge in [-0.1, -0.05) is 54.6 Å². The van der Waals surface area contributed by atoms with Crippen molar-refractivity contribution in [2.45, 2.75) is 13.1 Å². The first-order chi connectivity index (χ1) is 12.6. The summed E-state index contributed by atoms with van der Waals surface area (Å²) in [5.41, 5.74) is 8.43. The molecule has 1 heterocycles. The highest BCUT2D eigenvalue weighted by molar-refractivity contribution is 5.94. The number of halogens is 2. The fourth-order valence-electron chi connectivity index (χ4n) is 3.04. The van der Waals surface area contributed by atoms with Crippen LogP contribution in [0.15, 0.2) is 54.6 Å². The van der Waals surface area contributed by atoms with Gasteiger partial charge in [0.05, 0.1) is 0 Å². The van der Waals surface area contributed by atoms with Gasteiger partial charge in [-0.05, 0) is 11.1 Å². The average Bonchev–Trinajstić information content (AvgIpc) is 2.68. The zero-order chi connectivity index (χ0) is 18.4. The molecular formula is C20H27Cl2N5O. The number of carbonyl (C=O) groups excluding carboxylic acids is 1. The normalized spacial score (nSPS) is 13.8. The molecule has 0 aromatic heterocycles. The molecule has 0 unspecified atom stereocenters. The Morgan fingerprint density at radius 3 is 2.11 bits per heavy atom. The summed E-state index contributed by atoms with van der Waals surface area (Å²) in [5.74, 6) is 0.0500. The molecular weight excluding hydrogens is 397 g/mol. The fourth-order valence-corrected chi connectivity index (χ4v) is 3.04. The summed E-state index contributed by atoms with van der Waals surface area (Å²) in [7, 11) is 0. The number of nitrogens with one attached hydrogen (secondary N) is 2. The van der Waals surface area contributed by atoms with Gasteiger partial charge in [-0.15, -0.1) is 24.8 Å². The lowest BCUT2D eigenvalue weighted by atomic mass is 10.1. The van der Waals surface area contributed by atoms with E-state index in [1.165, 1.54) is 5.56 Å². The third kappa shape index (κ3) is 6.71. The van der Waals surface area contributed by atoms with Crippen LogP contribution >= 0.6 is 24.8 Å². The van der Waals surface area contributed by atoms with Gasteiger partial charge >= 0.3 is 6.03 Å². The van der Waals surface area contributed by atoms with E-state index in [2.05, 4.69) is 34.5 Å². The van der Waals surface area contributed by atoms with Gasteiger partial charge in [0, 0.05) is 44.8 Å². The molecule has 2 aromatic rings. The Labute approximate surface area is 178 Å². The van der Waals surface area contributed by atoms with E-state index >= 15 is 0 Å². The first-order valence-corrected chi connectivity index (χ1v) is 8.84. The number of nitrogen functional groups attached to an aromatic ring is 1. The van der Waals surface area contributed by atoms with Gasteiger partial charge in [0.2, 0.25) is 0 Å². The van der Waals surface area contributed by atoms with Crippen molar-refractivity contribution in [1.29, 1.82) is 5.41 Å². The van der Waals surface area contributed by atoms with E-state index in [9.17, 15) is 4.79 Å². The highest BCUT2D eigenvalue weighted by Gasteiger charge is 2.20. The van der Waals surface area contributed by atoms with E-state index in [0.717, 1.165) is 38.3 Å². The first-order valence-electron chi connectivity index (χ1n) is 8.84. The van der Waals surface area contributed by atoms with Crippen molar-refractivity contribution in [3.8, 4) is 0 Å². The predicted molar refractivity (Wildman–Crippen MR) is 117 cm³/mol. The molecule has 2 amide bonds. The van der Waals surface area contributed by atoms with E-state index < -0.39 is 0 Å². The summed E-state index contributed by atoms with van der Waals surface area (Å²) >= 11 is 0. The van der Waals surface area contributed by atoms with Crippen LogP contribution in [-0.2, 0) is 13.1 Å². The van der Waals surface area contributed by atoms with E-state index in [-0.39, 0.29) is 36.7 Å². The van der Waals surface area contributed by atoms with Crippen molar-refractivity contribution in [3.63, 3.8) is 0 Å². The lowest BCUT2D eigenvalue weighted by molar-refractivity contribution is 0.135. The van der Waals surface area contributed by atoms with Crippen molar-refractivity contribution in [2.75, 3.05) is 26.2 Å². The van der Waals surface area contributed by atoms with Crippen molar-refractivity contribution in [2.24, 2.45) is 5.73 Å². The largest absolute Gasteiger partial charge is 0.384 e. The Balaban J connectivity index is 0.00000196. The summed E-state index contributed by atoms with van der Waals surface area (Å²) in [6.07, 6.45) is 0. The topological polar surface area (TPSA) is 85.4 Å². The molecule has 6 nitrogen and oxygen atoms in total. The monoisotopic (exact) mass is 423 g/mol. The molecule has 0 radical (unpaired) electrons. The van der Waals surface area contributed by atoms with Crippen molar-refractivity contribution < 1.29 is 4.79 Å². The van der Waals surface area contributed by atoms with Crippen molar-refractivity contribution in [1.82, 2.24) is 15.1 Å². The number of amides is 2. The van der Waals surface area contributed by atoms with E-state index in [1.807, 2.05) is 23.1 Å². The molecule has 2 aromatic carbocycles. The van der Waals surface area contributed by atoms with Crippen LogP contribution < -0.4 is 11.1 Å². The standard InChI is InChI=1S/C20H25N5O.2ClH/c21-19(22)18-8-6-16(7-9-18)14-23-20(26)25-12-10-24(11-13-25)15-17-4-2-1-3-5-17;;/h1-9H,10-15H2,(H3,21,22)(H,23,26);2*1H. The quantitative estimate of drug-likeness (QED) is 0.510. The van der Waals surface area contributed by atoms with Gasteiger partial charge in [0.1, 0.15) is 5.84 Å². The molecule has 0 bridgehead atoms. The van der Waals surface area contributed by atoms with Crippen LogP contribution in [0.1, 0.15) is 16.7 Å². The van der Waals surface area contributed by atoms with Crippen molar-refractivity contribution in [3.05, 3.63) is 71.3 Å². The minimum absolute atomic E-state index is 0. The van der Waals surface area contributed by atoms with Crippen LogP contribution in [0.2, 0.25) is 0 Å². The summed E-state index contributed by atoms with van der Waals surface area (Å²) in [4.78, 5) is 16.6. The van der Waals surface area contributed by atoms with Crippen LogP contribution in [0, 0.1) is 5.41 Å². The third-order valence-corrected chi connectivity index (χ3v) is 4.62. The SMILES string of the molecule is Cl.Cl.N=C(N)c1ccc(CNC(=O)N2CCN(Cc3ccccc3)CC2)cc1. The molecule has 8 heteroatoms. The second-order valence-electron chi connectivity index (χ2n) is 6.52. The van der Waals surface area contributed by atoms with Crippen LogP contribution in [0.25, 0.3) is 0 Å². The lowest BCUT2D eigenvalue weighted by Crippen LogP contribution is -2.51. The van der Waals surface area contributed by atoms with Gasteiger partial charge in [-0.3, -0.25) is 10.3 Å². The number of piperazine rings is 1. The average molecular weight is 424 g/mol. The van der Waals surface area contributed by atoms with Gasteiger partial charge in [-0.25, -0.2) is 4.79 Å². The van der Waals surface area contributed by atoms with Crippen LogP contribution in [0.3, 0.4) is 0 Å². The summed E-state index contributed by atoms with van der Waals surface area (Å²) in [6, 6.07) is 17.7. The molecule has 28 heavy (non-hydrogen) atoms. The lowest BCUT2D eigenvalue weighted by Gasteiger charge is -2.34. The number of nitrogens with zero attached hydrogens (tertiary/aromatic N) is 2. The molecule has 0 atom stereocenters. The van der Waals surface area contributed by atoms with E-state index in [0.29, 0.717) is 12.1 Å². The number of urea groups is 1. The molecule has 1 saturated heterocycles. The van der Waals surface area contributed by atoms with Crippen LogP contribution in [0.4, 0.5) is 4.79 Å². The second-order valence-corrected chi connectivity index (χ2v) is 6.52.